The molecule has 0 saturated carbocycles. The lowest BCUT2D eigenvalue weighted by atomic mass is 10.2. The Balaban J connectivity index is 1.84. The van der Waals surface area contributed by atoms with Crippen molar-refractivity contribution in [3.8, 4) is 23.1 Å². The fourth-order valence-corrected chi connectivity index (χ4v) is 2.00. The van der Waals surface area contributed by atoms with Gasteiger partial charge >= 0.3 is 6.18 Å². The first-order valence-electron chi connectivity index (χ1n) is 6.58. The summed E-state index contributed by atoms with van der Waals surface area (Å²) in [5, 5.41) is 6.36. The number of aryl methyl sites for hydroxylation is 1. The minimum Gasteiger partial charge on any atom is -0.439 e. The Hall–Kier alpha value is -2.75. The van der Waals surface area contributed by atoms with E-state index < -0.39 is 11.9 Å². The Labute approximate surface area is 138 Å². The van der Waals surface area contributed by atoms with Crippen LogP contribution in [0.25, 0.3) is 11.5 Å². The highest BCUT2D eigenvalue weighted by Gasteiger charge is 2.33. The van der Waals surface area contributed by atoms with Gasteiger partial charge in [0, 0.05) is 11.6 Å². The SMILES string of the molecule is Cc1nc(Oc2ccc(-c3n[nH]c(=S)o3)cc2)cc(C(F)(F)F)n1. The van der Waals surface area contributed by atoms with Gasteiger partial charge in [-0.2, -0.15) is 18.2 Å². The number of aromatic amines is 1. The van der Waals surface area contributed by atoms with Crippen LogP contribution in [0.15, 0.2) is 34.7 Å². The van der Waals surface area contributed by atoms with Crippen molar-refractivity contribution in [1.82, 2.24) is 20.2 Å². The van der Waals surface area contributed by atoms with Crippen molar-refractivity contribution in [3.05, 3.63) is 46.7 Å². The number of halogens is 3. The predicted octanol–water partition coefficient (Wildman–Crippen LogP) is 4.31. The number of nitrogens with one attached hydrogen (secondary N) is 1. The third-order valence-corrected chi connectivity index (χ3v) is 3.04. The monoisotopic (exact) mass is 354 g/mol. The Morgan fingerprint density at radius 1 is 1.17 bits per heavy atom. The molecule has 0 spiro atoms. The average molecular weight is 354 g/mol. The summed E-state index contributed by atoms with van der Waals surface area (Å²) in [6, 6.07) is 7.10. The van der Waals surface area contributed by atoms with E-state index >= 15 is 0 Å². The number of H-pyrrole nitrogens is 1. The quantitative estimate of drug-likeness (QED) is 0.707. The predicted molar refractivity (Wildman–Crippen MR) is 79.0 cm³/mol. The zero-order chi connectivity index (χ0) is 17.3. The van der Waals surface area contributed by atoms with Crippen LogP contribution < -0.4 is 4.74 Å². The summed E-state index contributed by atoms with van der Waals surface area (Å²) >= 11 is 4.78. The smallest absolute Gasteiger partial charge is 0.433 e. The van der Waals surface area contributed by atoms with E-state index in [1.807, 2.05) is 0 Å². The van der Waals surface area contributed by atoms with Crippen LogP contribution >= 0.6 is 12.2 Å². The number of hydrogen-bond acceptors (Lipinski definition) is 6. The van der Waals surface area contributed by atoms with E-state index in [4.69, 9.17) is 21.4 Å². The van der Waals surface area contributed by atoms with Gasteiger partial charge in [-0.15, -0.1) is 5.10 Å². The summed E-state index contributed by atoms with van der Waals surface area (Å²) in [4.78, 5) is 7.34. The Kier molecular flexibility index (Phi) is 4.06. The van der Waals surface area contributed by atoms with Gasteiger partial charge in [-0.1, -0.05) is 0 Å². The molecule has 0 saturated heterocycles. The molecule has 6 nitrogen and oxygen atoms in total. The van der Waals surface area contributed by atoms with Gasteiger partial charge in [-0.25, -0.2) is 10.1 Å². The molecule has 2 heterocycles. The van der Waals surface area contributed by atoms with Crippen LogP contribution in [0.2, 0.25) is 0 Å². The van der Waals surface area contributed by atoms with E-state index in [1.165, 1.54) is 6.92 Å². The second-order valence-corrected chi connectivity index (χ2v) is 5.05. The van der Waals surface area contributed by atoms with Crippen LogP contribution in [-0.2, 0) is 6.18 Å². The summed E-state index contributed by atoms with van der Waals surface area (Å²) < 4.78 is 48.8. The molecule has 0 amide bonds. The molecule has 0 aliphatic rings. The second-order valence-electron chi connectivity index (χ2n) is 4.68. The Bertz CT molecular complexity index is 919. The zero-order valence-corrected chi connectivity index (χ0v) is 12.9. The molecule has 0 aliphatic carbocycles. The van der Waals surface area contributed by atoms with Crippen LogP contribution in [0, 0.1) is 11.8 Å². The van der Waals surface area contributed by atoms with Crippen LogP contribution in [0.5, 0.6) is 11.6 Å². The van der Waals surface area contributed by atoms with Crippen molar-refractivity contribution in [2.75, 3.05) is 0 Å². The van der Waals surface area contributed by atoms with Gasteiger partial charge in [0.05, 0.1) is 0 Å². The highest BCUT2D eigenvalue weighted by molar-refractivity contribution is 7.71. The maximum atomic E-state index is 12.8. The molecular formula is C14H9F3N4O2S. The van der Waals surface area contributed by atoms with E-state index in [9.17, 15) is 13.2 Å². The maximum absolute atomic E-state index is 12.8. The van der Waals surface area contributed by atoms with Crippen molar-refractivity contribution in [2.45, 2.75) is 13.1 Å². The minimum atomic E-state index is -4.57. The van der Waals surface area contributed by atoms with Gasteiger partial charge in [-0.3, -0.25) is 0 Å². The minimum absolute atomic E-state index is 0.0373. The zero-order valence-electron chi connectivity index (χ0n) is 12.1. The third-order valence-electron chi connectivity index (χ3n) is 2.87. The number of aromatic nitrogens is 4. The first-order chi connectivity index (χ1) is 11.3. The molecule has 0 bridgehead atoms. The molecular weight excluding hydrogens is 345 g/mol. The molecule has 0 atom stereocenters. The van der Waals surface area contributed by atoms with Gasteiger partial charge in [0.1, 0.15) is 11.6 Å². The molecule has 10 heteroatoms. The van der Waals surface area contributed by atoms with Crippen LogP contribution in [0.1, 0.15) is 11.5 Å². The fraction of sp³-hybridized carbons (Fsp3) is 0.143. The summed E-state index contributed by atoms with van der Waals surface area (Å²) in [5.41, 5.74) is -0.431. The number of benzene rings is 1. The summed E-state index contributed by atoms with van der Waals surface area (Å²) in [6.45, 7) is 1.36. The number of alkyl halides is 3. The van der Waals surface area contributed by atoms with Gasteiger partial charge < -0.3 is 9.15 Å². The van der Waals surface area contributed by atoms with E-state index in [0.717, 1.165) is 6.07 Å². The van der Waals surface area contributed by atoms with E-state index in [2.05, 4.69) is 20.2 Å². The molecule has 0 fully saturated rings. The second kappa shape index (κ2) is 6.04. The largest absolute Gasteiger partial charge is 0.439 e. The molecule has 124 valence electrons. The van der Waals surface area contributed by atoms with E-state index in [1.54, 1.807) is 24.3 Å². The molecule has 3 rings (SSSR count). The summed E-state index contributed by atoms with van der Waals surface area (Å²) in [7, 11) is 0. The lowest BCUT2D eigenvalue weighted by Crippen LogP contribution is -2.10. The molecule has 0 aliphatic heterocycles. The topological polar surface area (TPSA) is 76.8 Å². The maximum Gasteiger partial charge on any atom is 0.433 e. The number of ether oxygens (including phenoxy) is 1. The van der Waals surface area contributed by atoms with Crippen LogP contribution in [0.4, 0.5) is 13.2 Å². The highest BCUT2D eigenvalue weighted by atomic mass is 32.1. The van der Waals surface area contributed by atoms with E-state index in [0.29, 0.717) is 17.2 Å². The number of nitrogens with zero attached hydrogens (tertiary/aromatic N) is 3. The average Bonchev–Trinajstić information content (AvgIpc) is 2.93. The first-order valence-corrected chi connectivity index (χ1v) is 6.99. The normalized spacial score (nSPS) is 11.5. The number of rotatable bonds is 3. The van der Waals surface area contributed by atoms with E-state index in [-0.39, 0.29) is 16.5 Å². The van der Waals surface area contributed by atoms with Crippen molar-refractivity contribution in [2.24, 2.45) is 0 Å². The number of hydrogen-bond donors (Lipinski definition) is 1. The molecule has 0 radical (unpaired) electrons. The standard InChI is InChI=1S/C14H9F3N4O2S/c1-7-18-10(14(15,16)17)6-11(19-7)22-9-4-2-8(3-5-9)12-20-21-13(24)23-12/h2-6H,1H3,(H,21,24). The van der Waals surface area contributed by atoms with Crippen molar-refractivity contribution >= 4 is 12.2 Å². The van der Waals surface area contributed by atoms with Crippen LogP contribution in [-0.4, -0.2) is 20.2 Å². The van der Waals surface area contributed by atoms with Gasteiger partial charge in [-0.05, 0) is 43.4 Å². The van der Waals surface area contributed by atoms with Crippen molar-refractivity contribution < 1.29 is 22.3 Å². The van der Waals surface area contributed by atoms with Gasteiger partial charge in [0.2, 0.25) is 11.8 Å². The molecule has 2 aromatic heterocycles. The molecule has 1 aromatic carbocycles. The van der Waals surface area contributed by atoms with Gasteiger partial charge in [0.25, 0.3) is 4.84 Å². The Morgan fingerprint density at radius 3 is 2.46 bits per heavy atom. The first kappa shape index (κ1) is 16.1. The highest BCUT2D eigenvalue weighted by Crippen LogP contribution is 2.31. The van der Waals surface area contributed by atoms with Crippen LogP contribution in [0.3, 0.4) is 0 Å². The summed E-state index contributed by atoms with van der Waals surface area (Å²) in [6.07, 6.45) is -4.57. The molecule has 0 unspecified atom stereocenters. The molecule has 24 heavy (non-hydrogen) atoms. The van der Waals surface area contributed by atoms with Crippen molar-refractivity contribution in [1.29, 1.82) is 0 Å². The lowest BCUT2D eigenvalue weighted by molar-refractivity contribution is -0.141. The lowest BCUT2D eigenvalue weighted by Gasteiger charge is -2.10. The fourth-order valence-electron chi connectivity index (χ4n) is 1.88. The van der Waals surface area contributed by atoms with Gasteiger partial charge in [0.15, 0.2) is 5.69 Å². The third kappa shape index (κ3) is 3.59. The van der Waals surface area contributed by atoms with Crippen molar-refractivity contribution in [3.63, 3.8) is 0 Å². The molecule has 3 aromatic rings. The Morgan fingerprint density at radius 2 is 1.88 bits per heavy atom. The molecule has 1 N–H and O–H groups in total. The summed E-state index contributed by atoms with van der Waals surface area (Å²) in [5.74, 6) is 0.368.